The van der Waals surface area contributed by atoms with Gasteiger partial charge in [-0.3, -0.25) is 4.99 Å². The van der Waals surface area contributed by atoms with Crippen LogP contribution in [0.2, 0.25) is 0 Å². The SMILES string of the molecule is Br.Cc1ccc(NC(N)=NCC(O)COCC(C)C)cc1C. The molecule has 0 aromatic heterocycles. The lowest BCUT2D eigenvalue weighted by atomic mass is 10.1. The van der Waals surface area contributed by atoms with Gasteiger partial charge in [-0.2, -0.15) is 0 Å². The molecule has 0 aliphatic carbocycles. The molecule has 6 heteroatoms. The van der Waals surface area contributed by atoms with Crippen molar-refractivity contribution in [2.24, 2.45) is 16.6 Å². The van der Waals surface area contributed by atoms with E-state index in [0.29, 0.717) is 18.5 Å². The van der Waals surface area contributed by atoms with Gasteiger partial charge in [-0.1, -0.05) is 19.9 Å². The fraction of sp³-hybridized carbons (Fsp3) is 0.562. The van der Waals surface area contributed by atoms with E-state index in [1.165, 1.54) is 11.1 Å². The number of nitrogens with two attached hydrogens (primary N) is 1. The Morgan fingerprint density at radius 2 is 1.95 bits per heavy atom. The van der Waals surface area contributed by atoms with Crippen LogP contribution < -0.4 is 11.1 Å². The fourth-order valence-corrected chi connectivity index (χ4v) is 1.70. The molecule has 1 aromatic rings. The number of halogens is 1. The van der Waals surface area contributed by atoms with E-state index in [1.54, 1.807) is 0 Å². The summed E-state index contributed by atoms with van der Waals surface area (Å²) in [5.41, 5.74) is 9.12. The molecule has 4 N–H and O–H groups in total. The molecule has 0 aliphatic rings. The summed E-state index contributed by atoms with van der Waals surface area (Å²) in [7, 11) is 0. The van der Waals surface area contributed by atoms with E-state index in [2.05, 4.69) is 31.1 Å². The summed E-state index contributed by atoms with van der Waals surface area (Å²) in [4.78, 5) is 4.12. The number of ether oxygens (including phenoxy) is 1. The fourth-order valence-electron chi connectivity index (χ4n) is 1.70. The van der Waals surface area contributed by atoms with Crippen molar-refractivity contribution in [3.63, 3.8) is 0 Å². The van der Waals surface area contributed by atoms with Crippen LogP contribution in [0.5, 0.6) is 0 Å². The highest BCUT2D eigenvalue weighted by atomic mass is 79.9. The lowest BCUT2D eigenvalue weighted by Crippen LogP contribution is -2.26. The third-order valence-electron chi connectivity index (χ3n) is 3.01. The zero-order valence-corrected chi connectivity index (χ0v) is 15.5. The summed E-state index contributed by atoms with van der Waals surface area (Å²) >= 11 is 0. The summed E-state index contributed by atoms with van der Waals surface area (Å²) in [6, 6.07) is 5.99. The Hall–Kier alpha value is -1.11. The zero-order chi connectivity index (χ0) is 15.8. The average Bonchev–Trinajstić information content (AvgIpc) is 2.40. The van der Waals surface area contributed by atoms with Gasteiger partial charge in [0.05, 0.1) is 19.3 Å². The Morgan fingerprint density at radius 3 is 2.55 bits per heavy atom. The van der Waals surface area contributed by atoms with Crippen LogP contribution in [-0.2, 0) is 4.74 Å². The number of nitrogens with zero attached hydrogens (tertiary/aromatic N) is 1. The van der Waals surface area contributed by atoms with Crippen molar-refractivity contribution in [2.75, 3.05) is 25.1 Å². The van der Waals surface area contributed by atoms with Crippen molar-refractivity contribution in [3.05, 3.63) is 29.3 Å². The van der Waals surface area contributed by atoms with E-state index < -0.39 is 6.10 Å². The predicted molar refractivity (Wildman–Crippen MR) is 98.0 cm³/mol. The predicted octanol–water partition coefficient (Wildman–Crippen LogP) is 2.64. The lowest BCUT2D eigenvalue weighted by Gasteiger charge is -2.12. The van der Waals surface area contributed by atoms with Gasteiger partial charge in [-0.05, 0) is 43.0 Å². The second-order valence-electron chi connectivity index (χ2n) is 5.74. The molecule has 0 amide bonds. The van der Waals surface area contributed by atoms with E-state index in [1.807, 2.05) is 25.1 Å². The van der Waals surface area contributed by atoms with E-state index >= 15 is 0 Å². The van der Waals surface area contributed by atoms with Crippen LogP contribution in [-0.4, -0.2) is 36.9 Å². The molecule has 1 aromatic carbocycles. The van der Waals surface area contributed by atoms with E-state index in [4.69, 9.17) is 10.5 Å². The topological polar surface area (TPSA) is 79.9 Å². The Morgan fingerprint density at radius 1 is 1.27 bits per heavy atom. The van der Waals surface area contributed by atoms with Crippen LogP contribution in [0.25, 0.3) is 0 Å². The lowest BCUT2D eigenvalue weighted by molar-refractivity contribution is 0.0302. The molecule has 1 atom stereocenters. The van der Waals surface area contributed by atoms with Crippen molar-refractivity contribution in [3.8, 4) is 0 Å². The van der Waals surface area contributed by atoms with Crippen molar-refractivity contribution >= 4 is 28.6 Å². The van der Waals surface area contributed by atoms with Gasteiger partial charge in [0, 0.05) is 12.3 Å². The van der Waals surface area contributed by atoms with Crippen LogP contribution in [0.1, 0.15) is 25.0 Å². The van der Waals surface area contributed by atoms with Crippen LogP contribution in [0.3, 0.4) is 0 Å². The number of hydrogen-bond donors (Lipinski definition) is 3. The monoisotopic (exact) mass is 373 g/mol. The number of aliphatic imine (C=N–C) groups is 1. The van der Waals surface area contributed by atoms with Gasteiger partial charge in [0.2, 0.25) is 0 Å². The van der Waals surface area contributed by atoms with Gasteiger partial charge in [0.15, 0.2) is 5.96 Å². The molecule has 0 heterocycles. The molecule has 0 bridgehead atoms. The molecule has 5 nitrogen and oxygen atoms in total. The smallest absolute Gasteiger partial charge is 0.193 e. The van der Waals surface area contributed by atoms with Crippen LogP contribution >= 0.6 is 17.0 Å². The molecule has 1 unspecified atom stereocenters. The highest BCUT2D eigenvalue weighted by Crippen LogP contribution is 2.13. The highest BCUT2D eigenvalue weighted by molar-refractivity contribution is 8.93. The van der Waals surface area contributed by atoms with Crippen LogP contribution in [0.4, 0.5) is 5.69 Å². The van der Waals surface area contributed by atoms with Gasteiger partial charge in [0.1, 0.15) is 0 Å². The summed E-state index contributed by atoms with van der Waals surface area (Å²) in [5, 5.41) is 12.8. The summed E-state index contributed by atoms with van der Waals surface area (Å²) in [5.74, 6) is 0.748. The standard InChI is InChI=1S/C16H27N3O2.BrH/c1-11(2)9-21-10-15(20)8-18-16(17)19-14-6-5-12(3)13(4)7-14;/h5-7,11,15,20H,8-10H2,1-4H3,(H3,17,18,19);1H. The molecular formula is C16H28BrN3O2. The van der Waals surface area contributed by atoms with Crippen molar-refractivity contribution in [2.45, 2.75) is 33.8 Å². The minimum atomic E-state index is -0.635. The van der Waals surface area contributed by atoms with Gasteiger partial charge >= 0.3 is 0 Å². The zero-order valence-electron chi connectivity index (χ0n) is 13.8. The number of anilines is 1. The van der Waals surface area contributed by atoms with E-state index in [0.717, 1.165) is 5.69 Å². The summed E-state index contributed by atoms with van der Waals surface area (Å²) in [6.45, 7) is 9.37. The number of aliphatic hydroxyl groups excluding tert-OH is 1. The Balaban J connectivity index is 0.00000441. The molecule has 22 heavy (non-hydrogen) atoms. The van der Waals surface area contributed by atoms with Gasteiger partial charge in [-0.15, -0.1) is 17.0 Å². The minimum absolute atomic E-state index is 0. The van der Waals surface area contributed by atoms with Crippen molar-refractivity contribution < 1.29 is 9.84 Å². The first-order valence-corrected chi connectivity index (χ1v) is 7.28. The van der Waals surface area contributed by atoms with Gasteiger partial charge < -0.3 is 20.9 Å². The number of aryl methyl sites for hydroxylation is 2. The first-order chi connectivity index (χ1) is 9.88. The molecule has 0 aliphatic heterocycles. The molecule has 126 valence electrons. The quantitative estimate of drug-likeness (QED) is 0.506. The Labute approximate surface area is 143 Å². The molecule has 0 fully saturated rings. The number of aliphatic hydroxyl groups is 1. The highest BCUT2D eigenvalue weighted by Gasteiger charge is 2.05. The normalized spacial score (nSPS) is 12.9. The number of rotatable bonds is 7. The summed E-state index contributed by atoms with van der Waals surface area (Å²) in [6.07, 6.45) is -0.635. The average molecular weight is 374 g/mol. The second kappa shape index (κ2) is 10.6. The first kappa shape index (κ1) is 20.9. The van der Waals surface area contributed by atoms with Gasteiger partial charge in [-0.25, -0.2) is 0 Å². The maximum Gasteiger partial charge on any atom is 0.193 e. The van der Waals surface area contributed by atoms with Gasteiger partial charge in [0.25, 0.3) is 0 Å². The molecule has 0 saturated carbocycles. The molecule has 0 spiro atoms. The van der Waals surface area contributed by atoms with Crippen LogP contribution in [0, 0.1) is 19.8 Å². The third-order valence-corrected chi connectivity index (χ3v) is 3.01. The Kier molecular flexibility index (Phi) is 10.1. The van der Waals surface area contributed by atoms with Crippen molar-refractivity contribution in [1.82, 2.24) is 0 Å². The molecular weight excluding hydrogens is 346 g/mol. The number of hydrogen-bond acceptors (Lipinski definition) is 3. The number of guanidine groups is 1. The largest absolute Gasteiger partial charge is 0.389 e. The maximum absolute atomic E-state index is 9.74. The Bertz CT molecular complexity index is 478. The minimum Gasteiger partial charge on any atom is -0.389 e. The summed E-state index contributed by atoms with van der Waals surface area (Å²) < 4.78 is 5.36. The van der Waals surface area contributed by atoms with Crippen LogP contribution in [0.15, 0.2) is 23.2 Å². The van der Waals surface area contributed by atoms with Crippen molar-refractivity contribution in [1.29, 1.82) is 0 Å². The van der Waals surface area contributed by atoms with E-state index in [9.17, 15) is 5.11 Å². The number of nitrogens with one attached hydrogen (secondary N) is 1. The third kappa shape index (κ3) is 8.36. The second-order valence-corrected chi connectivity index (χ2v) is 5.74. The molecule has 1 rings (SSSR count). The number of benzene rings is 1. The molecule has 0 saturated heterocycles. The first-order valence-electron chi connectivity index (χ1n) is 7.28. The maximum atomic E-state index is 9.74. The van der Waals surface area contributed by atoms with E-state index in [-0.39, 0.29) is 30.1 Å². The molecule has 0 radical (unpaired) electrons.